The van der Waals surface area contributed by atoms with Crippen LogP contribution in [0, 0.1) is 12.7 Å². The average molecular weight is 380 g/mol. The van der Waals surface area contributed by atoms with Gasteiger partial charge >= 0.3 is 5.63 Å². The number of halogens is 2. The summed E-state index contributed by atoms with van der Waals surface area (Å²) >= 11 is 5.66. The standard InChI is InChI=1S/C19H19ClFNO4/c1-12-8-15(10-19(24)25-12)26-14-6-7-22(11-14)18(23)5-3-13-2-4-16(20)17(21)9-13/h2,4,8-10,14H,3,5-7,11H2,1H3. The Morgan fingerprint density at radius 1 is 1.38 bits per heavy atom. The van der Waals surface area contributed by atoms with Gasteiger partial charge in [0, 0.05) is 25.5 Å². The Kier molecular flexibility index (Phi) is 5.61. The molecular weight excluding hydrogens is 361 g/mol. The molecule has 1 saturated heterocycles. The lowest BCUT2D eigenvalue weighted by molar-refractivity contribution is -0.130. The van der Waals surface area contributed by atoms with Crippen LogP contribution in [0.4, 0.5) is 4.39 Å². The van der Waals surface area contributed by atoms with Crippen LogP contribution >= 0.6 is 11.6 Å². The van der Waals surface area contributed by atoms with Gasteiger partial charge in [0.2, 0.25) is 5.91 Å². The summed E-state index contributed by atoms with van der Waals surface area (Å²) in [4.78, 5) is 25.5. The second-order valence-corrected chi connectivity index (χ2v) is 6.75. The summed E-state index contributed by atoms with van der Waals surface area (Å²) in [7, 11) is 0. The van der Waals surface area contributed by atoms with Crippen molar-refractivity contribution in [2.24, 2.45) is 0 Å². The van der Waals surface area contributed by atoms with Gasteiger partial charge in [-0.25, -0.2) is 9.18 Å². The Morgan fingerprint density at radius 3 is 2.92 bits per heavy atom. The first-order chi connectivity index (χ1) is 12.4. The number of likely N-dealkylation sites (tertiary alicyclic amines) is 1. The fraction of sp³-hybridized carbons (Fsp3) is 0.368. The van der Waals surface area contributed by atoms with E-state index in [9.17, 15) is 14.0 Å². The SMILES string of the molecule is Cc1cc(OC2CCN(C(=O)CCc3ccc(Cl)c(F)c3)C2)cc(=O)o1. The van der Waals surface area contributed by atoms with Crippen molar-refractivity contribution in [2.45, 2.75) is 32.3 Å². The molecule has 7 heteroatoms. The maximum Gasteiger partial charge on any atom is 0.339 e. The third-order valence-corrected chi connectivity index (χ3v) is 4.59. The number of amides is 1. The smallest absolute Gasteiger partial charge is 0.339 e. The molecule has 1 amide bonds. The first-order valence-electron chi connectivity index (χ1n) is 8.41. The van der Waals surface area contributed by atoms with Crippen molar-refractivity contribution in [1.82, 2.24) is 4.90 Å². The monoisotopic (exact) mass is 379 g/mol. The molecule has 0 bridgehead atoms. The van der Waals surface area contributed by atoms with E-state index in [4.69, 9.17) is 20.8 Å². The molecule has 138 valence electrons. The minimum atomic E-state index is -0.478. The molecule has 1 aromatic heterocycles. The predicted molar refractivity (Wildman–Crippen MR) is 95.1 cm³/mol. The molecule has 1 atom stereocenters. The van der Waals surface area contributed by atoms with Crippen molar-refractivity contribution in [3.05, 3.63) is 62.9 Å². The molecular formula is C19H19ClFNO4. The van der Waals surface area contributed by atoms with Crippen molar-refractivity contribution in [2.75, 3.05) is 13.1 Å². The summed E-state index contributed by atoms with van der Waals surface area (Å²) in [6.07, 6.45) is 1.28. The number of aryl methyl sites for hydroxylation is 2. The molecule has 1 aromatic carbocycles. The summed E-state index contributed by atoms with van der Waals surface area (Å²) in [6.45, 7) is 2.74. The number of ether oxygens (including phenoxy) is 1. The Bertz CT molecular complexity index is 867. The van der Waals surface area contributed by atoms with Gasteiger partial charge in [-0.3, -0.25) is 4.79 Å². The van der Waals surface area contributed by atoms with Gasteiger partial charge in [0.05, 0.1) is 17.6 Å². The van der Waals surface area contributed by atoms with E-state index in [-0.39, 0.29) is 17.0 Å². The van der Waals surface area contributed by atoms with Gasteiger partial charge in [0.25, 0.3) is 0 Å². The molecule has 0 saturated carbocycles. The molecule has 1 fully saturated rings. The Balaban J connectivity index is 1.52. The summed E-state index contributed by atoms with van der Waals surface area (Å²) in [5.74, 6) is 0.451. The Labute approximate surface area is 155 Å². The van der Waals surface area contributed by atoms with Crippen LogP contribution < -0.4 is 10.4 Å². The number of hydrogen-bond donors (Lipinski definition) is 0. The minimum absolute atomic E-state index is 0.00443. The van der Waals surface area contributed by atoms with E-state index >= 15 is 0 Å². The largest absolute Gasteiger partial charge is 0.488 e. The first-order valence-corrected chi connectivity index (χ1v) is 8.78. The van der Waals surface area contributed by atoms with E-state index in [2.05, 4.69) is 0 Å². The van der Waals surface area contributed by atoms with Crippen molar-refractivity contribution in [3.63, 3.8) is 0 Å². The maximum absolute atomic E-state index is 13.4. The number of rotatable bonds is 5. The van der Waals surface area contributed by atoms with Crippen LogP contribution in [-0.2, 0) is 11.2 Å². The normalized spacial score (nSPS) is 16.7. The highest BCUT2D eigenvalue weighted by atomic mass is 35.5. The minimum Gasteiger partial charge on any atom is -0.488 e. The third-order valence-electron chi connectivity index (χ3n) is 4.28. The lowest BCUT2D eigenvalue weighted by Gasteiger charge is -2.17. The Hall–Kier alpha value is -2.34. The highest BCUT2D eigenvalue weighted by Crippen LogP contribution is 2.20. The van der Waals surface area contributed by atoms with Crippen LogP contribution in [0.5, 0.6) is 5.75 Å². The topological polar surface area (TPSA) is 59.8 Å². The summed E-state index contributed by atoms with van der Waals surface area (Å²) in [5, 5.41) is 0.0739. The summed E-state index contributed by atoms with van der Waals surface area (Å²) < 4.78 is 24.1. The fourth-order valence-electron chi connectivity index (χ4n) is 2.99. The van der Waals surface area contributed by atoms with Crippen LogP contribution in [0.2, 0.25) is 5.02 Å². The van der Waals surface area contributed by atoms with Gasteiger partial charge in [0.1, 0.15) is 23.4 Å². The van der Waals surface area contributed by atoms with E-state index in [1.807, 2.05) is 0 Å². The third kappa shape index (κ3) is 4.64. The first kappa shape index (κ1) is 18.5. The molecule has 3 rings (SSSR count). The number of benzene rings is 1. The molecule has 0 radical (unpaired) electrons. The molecule has 1 aliphatic heterocycles. The Morgan fingerprint density at radius 2 is 2.19 bits per heavy atom. The highest BCUT2D eigenvalue weighted by Gasteiger charge is 2.27. The van der Waals surface area contributed by atoms with Crippen molar-refractivity contribution < 1.29 is 18.3 Å². The molecule has 2 heterocycles. The van der Waals surface area contributed by atoms with Crippen LogP contribution in [0.1, 0.15) is 24.2 Å². The predicted octanol–water partition coefficient (Wildman–Crippen LogP) is 3.35. The zero-order chi connectivity index (χ0) is 18.7. The number of carbonyl (C=O) groups is 1. The maximum atomic E-state index is 13.4. The van der Waals surface area contributed by atoms with Gasteiger partial charge < -0.3 is 14.1 Å². The van der Waals surface area contributed by atoms with E-state index in [1.54, 1.807) is 24.0 Å². The van der Waals surface area contributed by atoms with Gasteiger partial charge in [-0.1, -0.05) is 17.7 Å². The quantitative estimate of drug-likeness (QED) is 0.799. The van der Waals surface area contributed by atoms with Gasteiger partial charge in [0.15, 0.2) is 0 Å². The molecule has 26 heavy (non-hydrogen) atoms. The lowest BCUT2D eigenvalue weighted by Crippen LogP contribution is -2.31. The van der Waals surface area contributed by atoms with Gasteiger partial charge in [-0.2, -0.15) is 0 Å². The summed E-state index contributed by atoms with van der Waals surface area (Å²) in [6, 6.07) is 7.52. The lowest BCUT2D eigenvalue weighted by atomic mass is 10.1. The second kappa shape index (κ2) is 7.91. The van der Waals surface area contributed by atoms with E-state index in [0.29, 0.717) is 43.9 Å². The second-order valence-electron chi connectivity index (χ2n) is 6.34. The fourth-order valence-corrected chi connectivity index (χ4v) is 3.11. The van der Waals surface area contributed by atoms with Gasteiger partial charge in [-0.15, -0.1) is 0 Å². The van der Waals surface area contributed by atoms with Crippen molar-refractivity contribution >= 4 is 17.5 Å². The highest BCUT2D eigenvalue weighted by molar-refractivity contribution is 6.30. The average Bonchev–Trinajstić information content (AvgIpc) is 3.03. The van der Waals surface area contributed by atoms with E-state index in [0.717, 1.165) is 5.56 Å². The zero-order valence-electron chi connectivity index (χ0n) is 14.3. The number of carbonyl (C=O) groups excluding carboxylic acids is 1. The number of nitrogens with zero attached hydrogens (tertiary/aromatic N) is 1. The molecule has 0 spiro atoms. The van der Waals surface area contributed by atoms with Crippen LogP contribution in [0.15, 0.2) is 39.5 Å². The molecule has 1 unspecified atom stereocenters. The van der Waals surface area contributed by atoms with Crippen LogP contribution in [-0.4, -0.2) is 30.0 Å². The van der Waals surface area contributed by atoms with Crippen molar-refractivity contribution in [3.8, 4) is 5.75 Å². The van der Waals surface area contributed by atoms with E-state index in [1.165, 1.54) is 18.2 Å². The van der Waals surface area contributed by atoms with Crippen molar-refractivity contribution in [1.29, 1.82) is 0 Å². The molecule has 1 aliphatic rings. The van der Waals surface area contributed by atoms with Gasteiger partial charge in [-0.05, 0) is 31.0 Å². The van der Waals surface area contributed by atoms with Crippen LogP contribution in [0.3, 0.4) is 0 Å². The molecule has 0 N–H and O–H groups in total. The molecule has 2 aromatic rings. The molecule has 0 aliphatic carbocycles. The molecule has 5 nitrogen and oxygen atoms in total. The summed E-state index contributed by atoms with van der Waals surface area (Å²) in [5.41, 5.74) is 0.278. The van der Waals surface area contributed by atoms with Crippen LogP contribution in [0.25, 0.3) is 0 Å². The zero-order valence-corrected chi connectivity index (χ0v) is 15.1. The van der Waals surface area contributed by atoms with E-state index < -0.39 is 11.4 Å². The number of hydrogen-bond acceptors (Lipinski definition) is 4.